The maximum atomic E-state index is 13.7. The van der Waals surface area contributed by atoms with Gasteiger partial charge >= 0.3 is 12.1 Å². The second-order valence-electron chi connectivity index (χ2n) is 11.2. The number of amides is 2. The van der Waals surface area contributed by atoms with Crippen molar-refractivity contribution >= 4 is 28.9 Å². The molecule has 1 aromatic carbocycles. The first-order valence-corrected chi connectivity index (χ1v) is 12.1. The molecular weight excluding hydrogens is 480 g/mol. The van der Waals surface area contributed by atoms with E-state index in [-0.39, 0.29) is 18.8 Å². The summed E-state index contributed by atoms with van der Waals surface area (Å²) < 4.78 is 16.8. The monoisotopic (exact) mass is 516 g/mol. The lowest BCUT2D eigenvalue weighted by Crippen LogP contribution is -2.57. The van der Waals surface area contributed by atoms with Crippen LogP contribution < -0.4 is 14.8 Å². The molecule has 1 aliphatic rings. The summed E-state index contributed by atoms with van der Waals surface area (Å²) in [5.74, 6) is -0.318. The van der Waals surface area contributed by atoms with Crippen LogP contribution in [0.15, 0.2) is 18.2 Å². The number of rotatable bonds is 6. The van der Waals surface area contributed by atoms with Crippen LogP contribution in [0.4, 0.5) is 4.79 Å². The van der Waals surface area contributed by atoms with E-state index >= 15 is 0 Å². The van der Waals surface area contributed by atoms with Gasteiger partial charge in [0.15, 0.2) is 0 Å². The van der Waals surface area contributed by atoms with Gasteiger partial charge in [0.05, 0.1) is 24.6 Å². The molecule has 3 unspecified atom stereocenters. The highest BCUT2D eigenvalue weighted by Gasteiger charge is 2.46. The smallest absolute Gasteiger partial charge is 0.408 e. The van der Waals surface area contributed by atoms with E-state index in [1.807, 2.05) is 0 Å². The van der Waals surface area contributed by atoms with Crippen molar-refractivity contribution in [3.63, 3.8) is 0 Å². The number of ether oxygens (including phenoxy) is 3. The zero-order valence-corrected chi connectivity index (χ0v) is 22.6. The topological polar surface area (TPSA) is 140 Å². The third kappa shape index (κ3) is 6.78. The number of alkyl carbamates (subject to hydrolysis) is 1. The first kappa shape index (κ1) is 27.9. The molecule has 0 aliphatic carbocycles. The van der Waals surface area contributed by atoms with Crippen LogP contribution in [0.25, 0.3) is 10.9 Å². The first-order valence-electron chi connectivity index (χ1n) is 12.1. The van der Waals surface area contributed by atoms with Crippen molar-refractivity contribution in [3.05, 3.63) is 24.0 Å². The Labute approximate surface area is 216 Å². The molecule has 1 aromatic heterocycles. The van der Waals surface area contributed by atoms with Gasteiger partial charge in [-0.2, -0.15) is 4.98 Å². The summed E-state index contributed by atoms with van der Waals surface area (Å²) in [5, 5.41) is 13.2. The van der Waals surface area contributed by atoms with Gasteiger partial charge in [0.2, 0.25) is 11.8 Å². The Balaban J connectivity index is 1.88. The molecule has 11 nitrogen and oxygen atoms in total. The van der Waals surface area contributed by atoms with E-state index in [0.29, 0.717) is 22.5 Å². The van der Waals surface area contributed by atoms with Gasteiger partial charge in [-0.25, -0.2) is 14.6 Å². The van der Waals surface area contributed by atoms with Crippen LogP contribution in [0.1, 0.15) is 53.8 Å². The summed E-state index contributed by atoms with van der Waals surface area (Å²) in [7, 11) is 1.55. The highest BCUT2D eigenvalue weighted by molar-refractivity contribution is 5.90. The van der Waals surface area contributed by atoms with Gasteiger partial charge in [0.25, 0.3) is 0 Å². The predicted molar refractivity (Wildman–Crippen MR) is 136 cm³/mol. The zero-order chi connectivity index (χ0) is 27.7. The minimum absolute atomic E-state index is 0.00684. The number of carbonyl (C=O) groups is 3. The first-order chi connectivity index (χ1) is 17.1. The van der Waals surface area contributed by atoms with Gasteiger partial charge < -0.3 is 29.5 Å². The summed E-state index contributed by atoms with van der Waals surface area (Å²) in [6.45, 7) is 12.3. The van der Waals surface area contributed by atoms with Gasteiger partial charge in [-0.15, -0.1) is 0 Å². The van der Waals surface area contributed by atoms with Crippen LogP contribution in [0, 0.1) is 12.3 Å². The number of hydrogen-bond donors (Lipinski definition) is 2. The largest absolute Gasteiger partial charge is 0.497 e. The highest BCUT2D eigenvalue weighted by atomic mass is 16.6. The summed E-state index contributed by atoms with van der Waals surface area (Å²) in [6.07, 6.45) is -1.34. The van der Waals surface area contributed by atoms with Crippen molar-refractivity contribution in [1.29, 1.82) is 0 Å². The van der Waals surface area contributed by atoms with E-state index in [4.69, 9.17) is 14.2 Å². The Kier molecular flexibility index (Phi) is 7.85. The number of carboxylic acid groups (broad SMARTS) is 1. The van der Waals surface area contributed by atoms with Crippen molar-refractivity contribution in [3.8, 4) is 11.6 Å². The van der Waals surface area contributed by atoms with Crippen molar-refractivity contribution in [2.24, 2.45) is 5.41 Å². The number of carboxylic acids is 1. The second-order valence-corrected chi connectivity index (χ2v) is 11.2. The van der Waals surface area contributed by atoms with E-state index in [1.165, 1.54) is 4.90 Å². The van der Waals surface area contributed by atoms with E-state index in [1.54, 1.807) is 73.8 Å². The number of fused-ring (bicyclic) bond motifs is 1. The number of benzene rings is 1. The fourth-order valence-corrected chi connectivity index (χ4v) is 4.17. The van der Waals surface area contributed by atoms with E-state index in [9.17, 15) is 19.5 Å². The fourth-order valence-electron chi connectivity index (χ4n) is 4.17. The number of likely N-dealkylation sites (tertiary alicyclic amines) is 1. The zero-order valence-electron chi connectivity index (χ0n) is 22.6. The van der Waals surface area contributed by atoms with Crippen LogP contribution in [0.3, 0.4) is 0 Å². The quantitative estimate of drug-likeness (QED) is 0.591. The molecular formula is C26H36N4O7. The van der Waals surface area contributed by atoms with E-state index < -0.39 is 47.2 Å². The van der Waals surface area contributed by atoms with Gasteiger partial charge in [-0.05, 0) is 51.3 Å². The molecule has 3 rings (SSSR count). The molecule has 0 bridgehead atoms. The number of hydrogen-bond acceptors (Lipinski definition) is 8. The molecule has 2 heterocycles. The van der Waals surface area contributed by atoms with Crippen molar-refractivity contribution in [2.45, 2.75) is 78.7 Å². The highest BCUT2D eigenvalue weighted by Crippen LogP contribution is 2.31. The van der Waals surface area contributed by atoms with Crippen molar-refractivity contribution < 1.29 is 33.7 Å². The summed E-state index contributed by atoms with van der Waals surface area (Å²) in [4.78, 5) is 48.4. The van der Waals surface area contributed by atoms with Crippen molar-refractivity contribution in [1.82, 2.24) is 20.2 Å². The second kappa shape index (κ2) is 10.4. The molecule has 0 spiro atoms. The van der Waals surface area contributed by atoms with Crippen LogP contribution >= 0.6 is 0 Å². The lowest BCUT2D eigenvalue weighted by atomic mass is 9.85. The Bertz CT molecular complexity index is 1190. The van der Waals surface area contributed by atoms with Crippen LogP contribution in [0.5, 0.6) is 11.6 Å². The third-order valence-corrected chi connectivity index (χ3v) is 5.86. The van der Waals surface area contributed by atoms with Gasteiger partial charge in [0, 0.05) is 6.42 Å². The molecule has 0 saturated carbocycles. The van der Waals surface area contributed by atoms with Crippen LogP contribution in [0.2, 0.25) is 0 Å². The summed E-state index contributed by atoms with van der Waals surface area (Å²) in [6, 6.07) is 3.16. The van der Waals surface area contributed by atoms with Gasteiger partial charge in [0.1, 0.15) is 35.4 Å². The Morgan fingerprint density at radius 1 is 1.14 bits per heavy atom. The number of nitrogens with zero attached hydrogens (tertiary/aromatic N) is 3. The number of nitrogens with one attached hydrogen (secondary N) is 1. The maximum absolute atomic E-state index is 13.7. The lowest BCUT2D eigenvalue weighted by molar-refractivity contribution is -0.150. The average Bonchev–Trinajstić information content (AvgIpc) is 3.19. The molecule has 11 heteroatoms. The maximum Gasteiger partial charge on any atom is 0.408 e. The van der Waals surface area contributed by atoms with Gasteiger partial charge in [-0.3, -0.25) is 4.79 Å². The standard InChI is InChI=1S/C26H36N4O7/c1-14-27-18-10-9-15(35-8)11-17(18)21(28-14)36-16-12-19(23(32)33)30(13-16)22(31)20(25(2,3)4)29-24(34)37-26(5,6)7/h9-11,16,19-20H,12-13H2,1-8H3,(H,29,34)(H,32,33). The predicted octanol–water partition coefficient (Wildman–Crippen LogP) is 3.32. The lowest BCUT2D eigenvalue weighted by Gasteiger charge is -2.35. The molecule has 1 saturated heterocycles. The number of aromatic nitrogens is 2. The number of carbonyl (C=O) groups excluding carboxylic acids is 2. The number of aliphatic carboxylic acids is 1. The van der Waals surface area contributed by atoms with Gasteiger partial charge in [-0.1, -0.05) is 20.8 Å². The summed E-state index contributed by atoms with van der Waals surface area (Å²) in [5.41, 5.74) is -0.822. The van der Waals surface area contributed by atoms with E-state index in [0.717, 1.165) is 0 Å². The molecule has 2 aromatic rings. The molecule has 37 heavy (non-hydrogen) atoms. The molecule has 0 radical (unpaired) electrons. The molecule has 2 amide bonds. The fraction of sp³-hybridized carbons (Fsp3) is 0.577. The van der Waals surface area contributed by atoms with Crippen LogP contribution in [-0.2, 0) is 14.3 Å². The normalized spacial score (nSPS) is 18.9. The SMILES string of the molecule is COc1ccc2nc(C)nc(OC3CC(C(=O)O)N(C(=O)C(NC(=O)OC(C)(C)C)C(C)(C)C)C3)c2c1. The Morgan fingerprint density at radius 2 is 1.81 bits per heavy atom. The number of aryl methyl sites for hydroxylation is 1. The minimum atomic E-state index is -1.16. The Morgan fingerprint density at radius 3 is 2.38 bits per heavy atom. The molecule has 2 N–H and O–H groups in total. The van der Waals surface area contributed by atoms with Crippen molar-refractivity contribution in [2.75, 3.05) is 13.7 Å². The average molecular weight is 517 g/mol. The number of methoxy groups -OCH3 is 1. The molecule has 3 atom stereocenters. The third-order valence-electron chi connectivity index (χ3n) is 5.86. The van der Waals surface area contributed by atoms with E-state index in [2.05, 4.69) is 15.3 Å². The molecule has 202 valence electrons. The van der Waals surface area contributed by atoms with Crippen LogP contribution in [-0.4, -0.2) is 75.4 Å². The molecule has 1 aliphatic heterocycles. The molecule has 1 fully saturated rings. The Hall–Kier alpha value is -3.63. The minimum Gasteiger partial charge on any atom is -0.497 e. The summed E-state index contributed by atoms with van der Waals surface area (Å²) >= 11 is 0.